The van der Waals surface area contributed by atoms with Crippen molar-refractivity contribution < 1.29 is 4.74 Å². The molecule has 2 aromatic carbocycles. The van der Waals surface area contributed by atoms with Crippen molar-refractivity contribution in [2.75, 3.05) is 31.3 Å². The molecule has 26 heavy (non-hydrogen) atoms. The van der Waals surface area contributed by atoms with Gasteiger partial charge in [0, 0.05) is 17.3 Å². The summed E-state index contributed by atoms with van der Waals surface area (Å²) in [5.41, 5.74) is 2.31. The van der Waals surface area contributed by atoms with Crippen LogP contribution < -0.4 is 15.0 Å². The molecule has 0 radical (unpaired) electrons. The number of hydrogen-bond acceptors (Lipinski definition) is 3. The maximum Gasteiger partial charge on any atom is 0.161 e. The summed E-state index contributed by atoms with van der Waals surface area (Å²) in [6, 6.07) is 15.9. The Kier molecular flexibility index (Phi) is 6.98. The topological polar surface area (TPSA) is 24.5 Å². The number of hydrogen-bond donors (Lipinski definition) is 1. The summed E-state index contributed by atoms with van der Waals surface area (Å²) < 4.78 is 6.04. The van der Waals surface area contributed by atoms with Crippen molar-refractivity contribution in [3.8, 4) is 5.75 Å². The van der Waals surface area contributed by atoms with E-state index >= 15 is 0 Å². The second kappa shape index (κ2) is 9.65. The fourth-order valence-electron chi connectivity index (χ4n) is 3.39. The quantitative estimate of drug-likeness (QED) is 0.645. The molecule has 0 saturated carbocycles. The number of anilines is 1. The summed E-state index contributed by atoms with van der Waals surface area (Å²) in [4.78, 5) is 2.31. The highest BCUT2D eigenvalue weighted by molar-refractivity contribution is 6.30. The zero-order valence-corrected chi connectivity index (χ0v) is 15.9. The monoisotopic (exact) mass is 370 g/mol. The summed E-state index contributed by atoms with van der Waals surface area (Å²) in [5, 5.41) is 4.16. The van der Waals surface area contributed by atoms with Gasteiger partial charge in [-0.25, -0.2) is 0 Å². The van der Waals surface area contributed by atoms with Crippen LogP contribution >= 0.6 is 11.6 Å². The van der Waals surface area contributed by atoms with Crippen LogP contribution in [0.2, 0.25) is 5.02 Å². The van der Waals surface area contributed by atoms with Crippen molar-refractivity contribution in [1.29, 1.82) is 0 Å². The van der Waals surface area contributed by atoms with Crippen molar-refractivity contribution in [2.24, 2.45) is 5.92 Å². The molecule has 0 amide bonds. The minimum Gasteiger partial charge on any atom is -0.473 e. The van der Waals surface area contributed by atoms with Gasteiger partial charge in [0.1, 0.15) is 5.75 Å². The summed E-state index contributed by atoms with van der Waals surface area (Å²) in [5.74, 6) is 1.61. The molecule has 0 unspecified atom stereocenters. The highest BCUT2D eigenvalue weighted by Crippen LogP contribution is 2.25. The van der Waals surface area contributed by atoms with Crippen LogP contribution in [0.3, 0.4) is 0 Å². The Bertz CT molecular complexity index is 696. The molecule has 3 nitrogen and oxygen atoms in total. The number of nitrogens with one attached hydrogen (secondary N) is 1. The molecule has 0 bridgehead atoms. The Hall–Kier alpha value is -1.97. The third kappa shape index (κ3) is 5.26. The van der Waals surface area contributed by atoms with Gasteiger partial charge in [-0.15, -0.1) is 0 Å². The van der Waals surface area contributed by atoms with Gasteiger partial charge in [0.15, 0.2) is 6.73 Å². The first-order chi connectivity index (χ1) is 12.8. The Morgan fingerprint density at radius 1 is 1.12 bits per heavy atom. The van der Waals surface area contributed by atoms with Gasteiger partial charge in [-0.1, -0.05) is 42.5 Å². The molecule has 0 aliphatic carbocycles. The Labute approximate surface area is 161 Å². The molecule has 3 rings (SSSR count). The Morgan fingerprint density at radius 3 is 2.58 bits per heavy atom. The first-order valence-corrected chi connectivity index (χ1v) is 9.69. The van der Waals surface area contributed by atoms with Crippen LogP contribution in [0.15, 0.2) is 55.1 Å². The summed E-state index contributed by atoms with van der Waals surface area (Å²) >= 11 is 5.96. The molecule has 138 valence electrons. The summed E-state index contributed by atoms with van der Waals surface area (Å²) in [7, 11) is 0. The number of rotatable bonds is 8. The fourth-order valence-corrected chi connectivity index (χ4v) is 3.52. The SMILES string of the molecule is C=Cc1ccccc1N(CCC1CCNCC1)COc1ccc(Cl)cc1. The van der Waals surface area contributed by atoms with E-state index in [9.17, 15) is 0 Å². The van der Waals surface area contributed by atoms with E-state index in [0.29, 0.717) is 6.73 Å². The lowest BCUT2D eigenvalue weighted by Crippen LogP contribution is -2.33. The van der Waals surface area contributed by atoms with Crippen molar-refractivity contribution >= 4 is 23.4 Å². The maximum atomic E-state index is 6.04. The molecule has 1 heterocycles. The maximum absolute atomic E-state index is 6.04. The zero-order valence-electron chi connectivity index (χ0n) is 15.2. The number of ether oxygens (including phenoxy) is 1. The van der Waals surface area contributed by atoms with Crippen molar-refractivity contribution in [1.82, 2.24) is 5.32 Å². The van der Waals surface area contributed by atoms with Crippen molar-refractivity contribution in [3.63, 3.8) is 0 Å². The van der Waals surface area contributed by atoms with E-state index in [-0.39, 0.29) is 0 Å². The molecule has 0 atom stereocenters. The van der Waals surface area contributed by atoms with Gasteiger partial charge >= 0.3 is 0 Å². The molecule has 0 spiro atoms. The summed E-state index contributed by atoms with van der Waals surface area (Å²) in [6.07, 6.45) is 5.61. The van der Waals surface area contributed by atoms with Crippen LogP contribution in [0.1, 0.15) is 24.8 Å². The standard InChI is InChI=1S/C22H27ClN2O/c1-2-19-5-3-4-6-22(19)25(16-13-18-11-14-24-15-12-18)17-26-21-9-7-20(23)8-10-21/h2-10,18,24H,1,11-17H2. The van der Waals surface area contributed by atoms with Crippen LogP contribution in [0.25, 0.3) is 6.08 Å². The minimum absolute atomic E-state index is 0.511. The molecule has 4 heteroatoms. The van der Waals surface area contributed by atoms with Gasteiger partial charge < -0.3 is 15.0 Å². The first kappa shape index (κ1) is 18.8. The number of nitrogens with zero attached hydrogens (tertiary/aromatic N) is 1. The first-order valence-electron chi connectivity index (χ1n) is 9.32. The van der Waals surface area contributed by atoms with E-state index in [1.807, 2.05) is 36.4 Å². The Balaban J connectivity index is 1.69. The van der Waals surface area contributed by atoms with Crippen LogP contribution in [0, 0.1) is 5.92 Å². The lowest BCUT2D eigenvalue weighted by Gasteiger charge is -2.30. The molecule has 1 N–H and O–H groups in total. The van der Waals surface area contributed by atoms with Crippen LogP contribution in [0.4, 0.5) is 5.69 Å². The van der Waals surface area contributed by atoms with Crippen LogP contribution in [-0.2, 0) is 0 Å². The van der Waals surface area contributed by atoms with Crippen molar-refractivity contribution in [2.45, 2.75) is 19.3 Å². The molecule has 1 saturated heterocycles. The molecule has 1 aliphatic heterocycles. The normalized spacial score (nSPS) is 14.8. The third-order valence-electron chi connectivity index (χ3n) is 4.96. The van der Waals surface area contributed by atoms with Crippen molar-refractivity contribution in [3.05, 3.63) is 65.7 Å². The number of halogens is 1. The van der Waals surface area contributed by atoms with E-state index in [0.717, 1.165) is 41.9 Å². The number of piperidine rings is 1. The zero-order chi connectivity index (χ0) is 18.2. The van der Waals surface area contributed by atoms with E-state index in [1.54, 1.807) is 0 Å². The average Bonchev–Trinajstić information content (AvgIpc) is 2.70. The van der Waals surface area contributed by atoms with Gasteiger partial charge in [0.25, 0.3) is 0 Å². The van der Waals surface area contributed by atoms with E-state index in [4.69, 9.17) is 16.3 Å². The molecule has 0 aromatic heterocycles. The lowest BCUT2D eigenvalue weighted by atomic mass is 9.94. The Morgan fingerprint density at radius 2 is 1.85 bits per heavy atom. The largest absolute Gasteiger partial charge is 0.473 e. The molecule has 2 aromatic rings. The highest BCUT2D eigenvalue weighted by Gasteiger charge is 2.16. The van der Waals surface area contributed by atoms with Gasteiger partial charge in [0.2, 0.25) is 0 Å². The molecule has 1 aliphatic rings. The van der Waals surface area contributed by atoms with E-state index in [1.165, 1.54) is 24.9 Å². The average molecular weight is 371 g/mol. The molecular weight excluding hydrogens is 344 g/mol. The van der Waals surface area contributed by atoms with E-state index < -0.39 is 0 Å². The lowest BCUT2D eigenvalue weighted by molar-refractivity contribution is 0.299. The van der Waals surface area contributed by atoms with Gasteiger partial charge in [-0.05, 0) is 74.2 Å². The van der Waals surface area contributed by atoms with E-state index in [2.05, 4.69) is 35.0 Å². The van der Waals surface area contributed by atoms with Crippen LogP contribution in [-0.4, -0.2) is 26.4 Å². The fraction of sp³-hybridized carbons (Fsp3) is 0.364. The van der Waals surface area contributed by atoms with Crippen LogP contribution in [0.5, 0.6) is 5.75 Å². The molecular formula is C22H27ClN2O. The highest BCUT2D eigenvalue weighted by atomic mass is 35.5. The van der Waals surface area contributed by atoms with Gasteiger partial charge in [-0.2, -0.15) is 0 Å². The van der Waals surface area contributed by atoms with Gasteiger partial charge in [-0.3, -0.25) is 0 Å². The predicted octanol–water partition coefficient (Wildman–Crippen LogP) is 5.22. The van der Waals surface area contributed by atoms with Gasteiger partial charge in [0.05, 0.1) is 0 Å². The molecule has 1 fully saturated rings. The number of benzene rings is 2. The minimum atomic E-state index is 0.511. The second-order valence-electron chi connectivity index (χ2n) is 6.74. The second-order valence-corrected chi connectivity index (χ2v) is 7.17. The smallest absolute Gasteiger partial charge is 0.161 e. The summed E-state index contributed by atoms with van der Waals surface area (Å²) in [6.45, 7) is 7.72. The predicted molar refractivity (Wildman–Crippen MR) is 111 cm³/mol. The number of para-hydroxylation sites is 1. The third-order valence-corrected chi connectivity index (χ3v) is 5.22.